The van der Waals surface area contributed by atoms with Crippen LogP contribution in [0.15, 0.2) is 22.7 Å². The second kappa shape index (κ2) is 6.82. The lowest BCUT2D eigenvalue weighted by molar-refractivity contribution is 0.0921. The van der Waals surface area contributed by atoms with Crippen molar-refractivity contribution in [3.63, 3.8) is 0 Å². The number of halogens is 1. The van der Waals surface area contributed by atoms with Crippen LogP contribution in [0.1, 0.15) is 56.3 Å². The number of hydrogen-bond acceptors (Lipinski definition) is 2. The maximum atomic E-state index is 12.3. The van der Waals surface area contributed by atoms with Crippen molar-refractivity contribution in [1.29, 1.82) is 0 Å². The Bertz CT molecular complexity index is 508. The van der Waals surface area contributed by atoms with E-state index in [4.69, 9.17) is 0 Å². The van der Waals surface area contributed by atoms with Crippen LogP contribution in [0.3, 0.4) is 0 Å². The zero-order valence-electron chi connectivity index (χ0n) is 12.8. The monoisotopic (exact) mass is 353 g/mol. The van der Waals surface area contributed by atoms with Gasteiger partial charge in [0, 0.05) is 12.1 Å². The molecule has 0 heterocycles. The van der Waals surface area contributed by atoms with Crippen LogP contribution < -0.4 is 5.32 Å². The zero-order chi connectivity index (χ0) is 15.5. The first kappa shape index (κ1) is 16.3. The van der Waals surface area contributed by atoms with E-state index < -0.39 is 0 Å². The molecule has 0 atom stereocenters. The molecule has 0 aliphatic heterocycles. The van der Waals surface area contributed by atoms with Gasteiger partial charge in [0.25, 0.3) is 5.91 Å². The van der Waals surface area contributed by atoms with Gasteiger partial charge >= 0.3 is 0 Å². The van der Waals surface area contributed by atoms with Gasteiger partial charge in [-0.3, -0.25) is 4.79 Å². The van der Waals surface area contributed by atoms with Crippen molar-refractivity contribution in [3.05, 3.63) is 28.2 Å². The summed E-state index contributed by atoms with van der Waals surface area (Å²) in [6.45, 7) is 5.23. The molecule has 116 valence electrons. The molecule has 1 aliphatic rings. The minimum Gasteiger partial charge on any atom is -0.507 e. The molecule has 2 N–H and O–H groups in total. The van der Waals surface area contributed by atoms with Crippen molar-refractivity contribution in [2.45, 2.75) is 46.0 Å². The number of phenolic OH excluding ortho intramolecular Hbond substituents is 1. The minimum absolute atomic E-state index is 0.0976. The van der Waals surface area contributed by atoms with E-state index >= 15 is 0 Å². The van der Waals surface area contributed by atoms with Crippen molar-refractivity contribution in [2.75, 3.05) is 6.54 Å². The molecular weight excluding hydrogens is 330 g/mol. The lowest BCUT2D eigenvalue weighted by Crippen LogP contribution is -2.36. The largest absolute Gasteiger partial charge is 0.507 e. The molecule has 4 heteroatoms. The molecular formula is C17H24BrNO2. The number of benzene rings is 1. The van der Waals surface area contributed by atoms with Crippen molar-refractivity contribution in [2.24, 2.45) is 11.3 Å². The molecule has 0 spiro atoms. The summed E-state index contributed by atoms with van der Waals surface area (Å²) in [5.74, 6) is 0.643. The Morgan fingerprint density at radius 3 is 2.62 bits per heavy atom. The van der Waals surface area contributed by atoms with Crippen LogP contribution >= 0.6 is 15.9 Å². The van der Waals surface area contributed by atoms with Crippen molar-refractivity contribution < 1.29 is 9.90 Å². The Hall–Kier alpha value is -1.03. The molecule has 1 amide bonds. The molecule has 0 bridgehead atoms. The predicted molar refractivity (Wildman–Crippen MR) is 88.5 cm³/mol. The molecule has 2 rings (SSSR count). The highest BCUT2D eigenvalue weighted by atomic mass is 79.9. The Morgan fingerprint density at radius 2 is 2.05 bits per heavy atom. The Labute approximate surface area is 135 Å². The lowest BCUT2D eigenvalue weighted by Gasteiger charge is -2.31. The summed E-state index contributed by atoms with van der Waals surface area (Å²) in [4.78, 5) is 12.3. The lowest BCUT2D eigenvalue weighted by atomic mass is 9.78. The van der Waals surface area contributed by atoms with Crippen LogP contribution in [-0.4, -0.2) is 17.6 Å². The van der Waals surface area contributed by atoms with Gasteiger partial charge in [-0.1, -0.05) is 26.7 Å². The van der Waals surface area contributed by atoms with Crippen molar-refractivity contribution in [1.82, 2.24) is 5.32 Å². The van der Waals surface area contributed by atoms with E-state index in [1.165, 1.54) is 38.2 Å². The van der Waals surface area contributed by atoms with E-state index in [-0.39, 0.29) is 17.1 Å². The van der Waals surface area contributed by atoms with E-state index in [9.17, 15) is 9.90 Å². The third-order valence-corrected chi connectivity index (χ3v) is 5.01. The van der Waals surface area contributed by atoms with Crippen molar-refractivity contribution >= 4 is 21.8 Å². The van der Waals surface area contributed by atoms with E-state index in [0.29, 0.717) is 16.0 Å². The second-order valence-corrected chi connectivity index (χ2v) is 7.51. The van der Waals surface area contributed by atoms with Gasteiger partial charge in [-0.05, 0) is 64.7 Å². The second-order valence-electron chi connectivity index (χ2n) is 6.65. The summed E-state index contributed by atoms with van der Waals surface area (Å²) in [7, 11) is 0. The maximum absolute atomic E-state index is 12.3. The van der Waals surface area contributed by atoms with E-state index in [1.54, 1.807) is 12.1 Å². The number of carbonyl (C=O) groups excluding carboxylic acids is 1. The first-order valence-corrected chi connectivity index (χ1v) is 8.48. The van der Waals surface area contributed by atoms with Crippen LogP contribution in [0.4, 0.5) is 0 Å². The molecule has 21 heavy (non-hydrogen) atoms. The topological polar surface area (TPSA) is 49.3 Å². The highest BCUT2D eigenvalue weighted by Gasteiger charge is 2.34. The molecule has 0 saturated heterocycles. The summed E-state index contributed by atoms with van der Waals surface area (Å²) in [5, 5.41) is 12.7. The average Bonchev–Trinajstić information content (AvgIpc) is 2.87. The smallest absolute Gasteiger partial charge is 0.251 e. The SMILES string of the molecule is CC(C)CC1(CNC(=O)c2ccc(Br)c(O)c2)CCCC1. The number of rotatable bonds is 5. The molecule has 1 aliphatic carbocycles. The number of carbonyl (C=O) groups is 1. The van der Waals surface area contributed by atoms with Gasteiger partial charge in [-0.2, -0.15) is 0 Å². The summed E-state index contributed by atoms with van der Waals surface area (Å²) in [5.41, 5.74) is 0.773. The summed E-state index contributed by atoms with van der Waals surface area (Å²) in [6, 6.07) is 4.93. The van der Waals surface area contributed by atoms with Crippen LogP contribution in [0.25, 0.3) is 0 Å². The molecule has 0 unspecified atom stereocenters. The van der Waals surface area contributed by atoms with Crippen LogP contribution in [0.5, 0.6) is 5.75 Å². The molecule has 0 aromatic heterocycles. The number of hydrogen-bond donors (Lipinski definition) is 2. The first-order valence-electron chi connectivity index (χ1n) is 7.69. The average molecular weight is 354 g/mol. The molecule has 1 saturated carbocycles. The van der Waals surface area contributed by atoms with Gasteiger partial charge in [0.1, 0.15) is 5.75 Å². The maximum Gasteiger partial charge on any atom is 0.251 e. The molecule has 1 aromatic rings. The van der Waals surface area contributed by atoms with Gasteiger partial charge in [0.05, 0.1) is 4.47 Å². The number of phenols is 1. The van der Waals surface area contributed by atoms with E-state index in [0.717, 1.165) is 6.54 Å². The Kier molecular flexibility index (Phi) is 5.31. The number of nitrogens with one attached hydrogen (secondary N) is 1. The van der Waals surface area contributed by atoms with E-state index in [1.807, 2.05) is 0 Å². The Balaban J connectivity index is 2.00. The third kappa shape index (κ3) is 4.22. The fraction of sp³-hybridized carbons (Fsp3) is 0.588. The number of aromatic hydroxyl groups is 1. The van der Waals surface area contributed by atoms with Crippen LogP contribution in [0.2, 0.25) is 0 Å². The first-order chi connectivity index (χ1) is 9.92. The van der Waals surface area contributed by atoms with E-state index in [2.05, 4.69) is 35.1 Å². The molecule has 0 radical (unpaired) electrons. The molecule has 3 nitrogen and oxygen atoms in total. The fourth-order valence-electron chi connectivity index (χ4n) is 3.47. The van der Waals surface area contributed by atoms with Gasteiger partial charge in [-0.25, -0.2) is 0 Å². The summed E-state index contributed by atoms with van der Waals surface area (Å²) in [6.07, 6.45) is 6.11. The fourth-order valence-corrected chi connectivity index (χ4v) is 3.71. The quantitative estimate of drug-likeness (QED) is 0.818. The number of amides is 1. The summed E-state index contributed by atoms with van der Waals surface area (Å²) >= 11 is 3.23. The van der Waals surface area contributed by atoms with Crippen LogP contribution in [-0.2, 0) is 0 Å². The van der Waals surface area contributed by atoms with Gasteiger partial charge in [0.2, 0.25) is 0 Å². The third-order valence-electron chi connectivity index (χ3n) is 4.34. The highest BCUT2D eigenvalue weighted by Crippen LogP contribution is 2.42. The minimum atomic E-state index is -0.104. The predicted octanol–water partition coefficient (Wildman–Crippen LogP) is 4.49. The van der Waals surface area contributed by atoms with Gasteiger partial charge in [0.15, 0.2) is 0 Å². The van der Waals surface area contributed by atoms with Crippen molar-refractivity contribution in [3.8, 4) is 5.75 Å². The molecule has 1 fully saturated rings. The Morgan fingerprint density at radius 1 is 1.38 bits per heavy atom. The standard InChI is InChI=1S/C17H24BrNO2/c1-12(2)10-17(7-3-4-8-17)11-19-16(21)13-5-6-14(18)15(20)9-13/h5-6,9,12,20H,3-4,7-8,10-11H2,1-2H3,(H,19,21). The molecule has 1 aromatic carbocycles. The highest BCUT2D eigenvalue weighted by molar-refractivity contribution is 9.10. The van der Waals surface area contributed by atoms with Crippen LogP contribution in [0, 0.1) is 11.3 Å². The zero-order valence-corrected chi connectivity index (χ0v) is 14.4. The summed E-state index contributed by atoms with van der Waals surface area (Å²) < 4.78 is 0.603. The normalized spacial score (nSPS) is 17.1. The van der Waals surface area contributed by atoms with Gasteiger partial charge < -0.3 is 10.4 Å². The van der Waals surface area contributed by atoms with Gasteiger partial charge in [-0.15, -0.1) is 0 Å².